The fourth-order valence-electron chi connectivity index (χ4n) is 2.57. The van der Waals surface area contributed by atoms with E-state index in [-0.39, 0.29) is 6.01 Å². The van der Waals surface area contributed by atoms with Crippen LogP contribution in [0, 0.1) is 0 Å². The summed E-state index contributed by atoms with van der Waals surface area (Å²) in [7, 11) is 1.51. The Labute approximate surface area is 132 Å². The van der Waals surface area contributed by atoms with E-state index in [0.29, 0.717) is 43.3 Å². The lowest BCUT2D eigenvalue weighted by atomic mass is 9.91. The van der Waals surface area contributed by atoms with Crippen LogP contribution in [0.4, 0.5) is 5.82 Å². The summed E-state index contributed by atoms with van der Waals surface area (Å²) in [6, 6.07) is 0.280. The monoisotopic (exact) mass is 324 g/mol. The molecule has 0 saturated carbocycles. The molecule has 9 heteroatoms. The molecule has 118 valence electrons. The highest BCUT2D eigenvalue weighted by atomic mass is 35.5. The van der Waals surface area contributed by atoms with E-state index in [1.54, 1.807) is 17.1 Å². The van der Waals surface area contributed by atoms with Crippen molar-refractivity contribution in [2.45, 2.75) is 25.0 Å². The molecule has 0 atom stereocenters. The number of ether oxygens (including phenoxy) is 1. The first kappa shape index (κ1) is 15.0. The van der Waals surface area contributed by atoms with Crippen molar-refractivity contribution in [1.29, 1.82) is 0 Å². The Kier molecular flexibility index (Phi) is 4.12. The predicted octanol–water partition coefficient (Wildman–Crippen LogP) is 0.762. The first-order valence-electron chi connectivity index (χ1n) is 6.98. The van der Waals surface area contributed by atoms with Gasteiger partial charge in [-0.25, -0.2) is 9.67 Å². The van der Waals surface area contributed by atoms with Gasteiger partial charge in [-0.1, -0.05) is 16.8 Å². The van der Waals surface area contributed by atoms with Crippen LogP contribution in [-0.2, 0) is 6.54 Å². The second-order valence-electron chi connectivity index (χ2n) is 5.34. The van der Waals surface area contributed by atoms with E-state index < -0.39 is 5.60 Å². The van der Waals surface area contributed by atoms with Gasteiger partial charge in [-0.2, -0.15) is 4.98 Å². The van der Waals surface area contributed by atoms with Crippen molar-refractivity contribution >= 4 is 17.4 Å². The Morgan fingerprint density at radius 2 is 2.18 bits per heavy atom. The van der Waals surface area contributed by atoms with Crippen LogP contribution in [-0.4, -0.2) is 55.9 Å². The Morgan fingerprint density at radius 1 is 1.41 bits per heavy atom. The number of hydrogen-bond donors (Lipinski definition) is 1. The van der Waals surface area contributed by atoms with Gasteiger partial charge < -0.3 is 14.7 Å². The first-order valence-corrected chi connectivity index (χ1v) is 7.35. The van der Waals surface area contributed by atoms with Crippen LogP contribution in [0.2, 0.25) is 5.02 Å². The van der Waals surface area contributed by atoms with Crippen LogP contribution in [0.1, 0.15) is 12.8 Å². The van der Waals surface area contributed by atoms with E-state index in [1.807, 2.05) is 4.90 Å². The fourth-order valence-corrected chi connectivity index (χ4v) is 2.78. The van der Waals surface area contributed by atoms with Gasteiger partial charge in [-0.15, -0.1) is 5.10 Å². The molecule has 0 radical (unpaired) electrons. The Balaban J connectivity index is 1.68. The average molecular weight is 325 g/mol. The molecule has 0 bridgehead atoms. The summed E-state index contributed by atoms with van der Waals surface area (Å²) in [5.74, 6) is 0.635. The predicted molar refractivity (Wildman–Crippen MR) is 80.0 cm³/mol. The number of aromatic nitrogens is 5. The van der Waals surface area contributed by atoms with Crippen molar-refractivity contribution in [3.63, 3.8) is 0 Å². The summed E-state index contributed by atoms with van der Waals surface area (Å²) in [5.41, 5.74) is -0.798. The standard InChI is InChI=1S/C13H17ClN6O2/c1-22-12-15-8-10(14)11(17-12)19-5-2-13(21,3-6-19)9-20-7-4-16-18-20/h4,7-8,21H,2-3,5-6,9H2,1H3. The number of halogens is 1. The minimum Gasteiger partial charge on any atom is -0.467 e. The highest BCUT2D eigenvalue weighted by molar-refractivity contribution is 6.32. The lowest BCUT2D eigenvalue weighted by molar-refractivity contribution is -0.00356. The van der Waals surface area contributed by atoms with Crippen LogP contribution in [0.5, 0.6) is 6.01 Å². The summed E-state index contributed by atoms with van der Waals surface area (Å²) < 4.78 is 6.69. The lowest BCUT2D eigenvalue weighted by Gasteiger charge is -2.38. The third kappa shape index (κ3) is 3.12. The Hall–Kier alpha value is -1.93. The number of hydrogen-bond acceptors (Lipinski definition) is 7. The molecule has 0 aliphatic carbocycles. The fraction of sp³-hybridized carbons (Fsp3) is 0.538. The van der Waals surface area contributed by atoms with Gasteiger partial charge in [0.05, 0.1) is 31.6 Å². The molecule has 2 aromatic heterocycles. The van der Waals surface area contributed by atoms with Crippen LogP contribution in [0.3, 0.4) is 0 Å². The molecule has 3 heterocycles. The summed E-state index contributed by atoms with van der Waals surface area (Å²) in [5, 5.41) is 18.8. The smallest absolute Gasteiger partial charge is 0.318 e. The van der Waals surface area contributed by atoms with Gasteiger partial charge in [-0.05, 0) is 12.8 Å². The Morgan fingerprint density at radius 3 is 2.82 bits per heavy atom. The second kappa shape index (κ2) is 6.05. The highest BCUT2D eigenvalue weighted by Crippen LogP contribution is 2.30. The molecule has 22 heavy (non-hydrogen) atoms. The van der Waals surface area contributed by atoms with E-state index >= 15 is 0 Å². The number of nitrogens with zero attached hydrogens (tertiary/aromatic N) is 6. The molecule has 0 amide bonds. The molecule has 3 rings (SSSR count). The number of piperidine rings is 1. The lowest BCUT2D eigenvalue weighted by Crippen LogP contribution is -2.47. The summed E-state index contributed by atoms with van der Waals surface area (Å²) in [6.07, 6.45) is 6.06. The van der Waals surface area contributed by atoms with Crippen LogP contribution in [0.25, 0.3) is 0 Å². The van der Waals surface area contributed by atoms with E-state index in [2.05, 4.69) is 20.3 Å². The molecule has 1 fully saturated rings. The molecule has 0 unspecified atom stereocenters. The molecule has 8 nitrogen and oxygen atoms in total. The minimum atomic E-state index is -0.798. The van der Waals surface area contributed by atoms with Gasteiger partial charge >= 0.3 is 6.01 Å². The third-order valence-corrected chi connectivity index (χ3v) is 4.07. The van der Waals surface area contributed by atoms with Gasteiger partial charge in [0.1, 0.15) is 5.02 Å². The number of anilines is 1. The first-order chi connectivity index (χ1) is 10.6. The molecule has 1 aliphatic rings. The minimum absolute atomic E-state index is 0.280. The van der Waals surface area contributed by atoms with E-state index in [1.165, 1.54) is 13.3 Å². The summed E-state index contributed by atoms with van der Waals surface area (Å²) >= 11 is 6.17. The second-order valence-corrected chi connectivity index (χ2v) is 5.75. The molecular formula is C13H17ClN6O2. The van der Waals surface area contributed by atoms with Crippen molar-refractivity contribution in [2.75, 3.05) is 25.1 Å². The van der Waals surface area contributed by atoms with Gasteiger partial charge in [0.15, 0.2) is 5.82 Å². The molecule has 1 saturated heterocycles. The Bertz CT molecular complexity index is 627. The molecule has 1 N–H and O–H groups in total. The number of methoxy groups -OCH3 is 1. The number of rotatable bonds is 4. The average Bonchev–Trinajstić information content (AvgIpc) is 3.01. The zero-order chi connectivity index (χ0) is 15.6. The maximum atomic E-state index is 10.7. The molecular weight excluding hydrogens is 308 g/mol. The molecule has 1 aliphatic heterocycles. The largest absolute Gasteiger partial charge is 0.467 e. The van der Waals surface area contributed by atoms with Crippen molar-refractivity contribution in [1.82, 2.24) is 25.0 Å². The van der Waals surface area contributed by atoms with Crippen LogP contribution in [0.15, 0.2) is 18.6 Å². The number of aliphatic hydroxyl groups is 1. The third-order valence-electron chi connectivity index (χ3n) is 3.81. The highest BCUT2D eigenvalue weighted by Gasteiger charge is 2.34. The van der Waals surface area contributed by atoms with Crippen molar-refractivity contribution in [2.24, 2.45) is 0 Å². The summed E-state index contributed by atoms with van der Waals surface area (Å²) in [4.78, 5) is 10.3. The maximum absolute atomic E-state index is 10.7. The van der Waals surface area contributed by atoms with Crippen molar-refractivity contribution < 1.29 is 9.84 Å². The van der Waals surface area contributed by atoms with Crippen LogP contribution < -0.4 is 9.64 Å². The quantitative estimate of drug-likeness (QED) is 0.888. The van der Waals surface area contributed by atoms with E-state index in [9.17, 15) is 5.11 Å². The zero-order valence-electron chi connectivity index (χ0n) is 12.2. The van der Waals surface area contributed by atoms with Crippen molar-refractivity contribution in [3.05, 3.63) is 23.6 Å². The zero-order valence-corrected chi connectivity index (χ0v) is 12.9. The van der Waals surface area contributed by atoms with E-state index in [0.717, 1.165) is 0 Å². The summed E-state index contributed by atoms with van der Waals surface area (Å²) in [6.45, 7) is 1.72. The van der Waals surface area contributed by atoms with Gasteiger partial charge in [0.2, 0.25) is 0 Å². The van der Waals surface area contributed by atoms with Gasteiger partial charge in [0, 0.05) is 19.3 Å². The van der Waals surface area contributed by atoms with Gasteiger partial charge in [-0.3, -0.25) is 0 Å². The topological polar surface area (TPSA) is 89.2 Å². The molecule has 0 spiro atoms. The normalized spacial score (nSPS) is 17.5. The van der Waals surface area contributed by atoms with Crippen molar-refractivity contribution in [3.8, 4) is 6.01 Å². The molecule has 2 aromatic rings. The maximum Gasteiger partial charge on any atom is 0.318 e. The van der Waals surface area contributed by atoms with E-state index in [4.69, 9.17) is 16.3 Å². The molecule has 0 aromatic carbocycles. The van der Waals surface area contributed by atoms with Gasteiger partial charge in [0.25, 0.3) is 0 Å². The SMILES string of the molecule is COc1ncc(Cl)c(N2CCC(O)(Cn3ccnn3)CC2)n1. The van der Waals surface area contributed by atoms with Crippen LogP contribution >= 0.6 is 11.6 Å².